The van der Waals surface area contributed by atoms with Crippen LogP contribution in [0, 0.1) is 18.6 Å². The van der Waals surface area contributed by atoms with Gasteiger partial charge in [-0.3, -0.25) is 9.59 Å². The number of allylic oxidation sites excluding steroid dienone is 3. The van der Waals surface area contributed by atoms with Gasteiger partial charge >= 0.3 is 0 Å². The number of hydrogen-bond acceptors (Lipinski definition) is 4. The second kappa shape index (κ2) is 8.98. The Bertz CT molecular complexity index is 1400. The topological polar surface area (TPSA) is 71.3 Å². The molecule has 2 N–H and O–H groups in total. The van der Waals surface area contributed by atoms with Gasteiger partial charge in [-0.15, -0.1) is 0 Å². The Morgan fingerprint density at radius 1 is 1.03 bits per heavy atom. The van der Waals surface area contributed by atoms with Crippen molar-refractivity contribution in [2.24, 2.45) is 0 Å². The average Bonchev–Trinajstić information content (AvgIpc) is 3.29. The van der Waals surface area contributed by atoms with Crippen molar-refractivity contribution in [2.45, 2.75) is 39.0 Å². The second-order valence-corrected chi connectivity index (χ2v) is 8.89. The van der Waals surface area contributed by atoms with E-state index in [-0.39, 0.29) is 23.0 Å². The third-order valence-corrected chi connectivity index (χ3v) is 6.47. The number of nitrogens with one attached hydrogen (secondary N) is 2. The van der Waals surface area contributed by atoms with Gasteiger partial charge < -0.3 is 15.1 Å². The summed E-state index contributed by atoms with van der Waals surface area (Å²) in [4.78, 5) is 26.7. The van der Waals surface area contributed by atoms with Crippen LogP contribution in [0.4, 0.5) is 14.5 Å². The summed E-state index contributed by atoms with van der Waals surface area (Å²) in [7, 11) is 0. The summed E-state index contributed by atoms with van der Waals surface area (Å²) in [5.74, 6) is -1.97. The van der Waals surface area contributed by atoms with Crippen molar-refractivity contribution in [3.8, 4) is 11.3 Å². The van der Waals surface area contributed by atoms with Crippen molar-refractivity contribution >= 4 is 17.4 Å². The number of dihydropyridines is 1. The maximum atomic E-state index is 13.8. The quantitative estimate of drug-likeness (QED) is 0.477. The van der Waals surface area contributed by atoms with Crippen LogP contribution in [0.1, 0.15) is 43.4 Å². The Morgan fingerprint density at radius 2 is 1.77 bits per heavy atom. The number of rotatable bonds is 4. The van der Waals surface area contributed by atoms with Crippen LogP contribution in [0.5, 0.6) is 0 Å². The summed E-state index contributed by atoms with van der Waals surface area (Å²) in [6, 6.07) is 13.8. The highest BCUT2D eigenvalue weighted by atomic mass is 19.1. The van der Waals surface area contributed by atoms with Crippen LogP contribution in [-0.4, -0.2) is 11.7 Å². The number of anilines is 1. The minimum absolute atomic E-state index is 0.0489. The van der Waals surface area contributed by atoms with Crippen molar-refractivity contribution in [3.63, 3.8) is 0 Å². The first-order valence-electron chi connectivity index (χ1n) is 11.5. The highest BCUT2D eigenvalue weighted by molar-refractivity contribution is 6.09. The lowest BCUT2D eigenvalue weighted by Gasteiger charge is -2.33. The first-order valence-corrected chi connectivity index (χ1v) is 11.5. The zero-order chi connectivity index (χ0) is 24.7. The molecule has 0 bridgehead atoms. The lowest BCUT2D eigenvalue weighted by Crippen LogP contribution is -2.35. The normalized spacial score (nSPS) is 17.8. The maximum Gasteiger partial charge on any atom is 0.254 e. The average molecular weight is 475 g/mol. The summed E-state index contributed by atoms with van der Waals surface area (Å²) in [6.07, 6.45) is 1.79. The molecule has 1 aliphatic carbocycles. The van der Waals surface area contributed by atoms with Gasteiger partial charge in [-0.1, -0.05) is 18.2 Å². The molecular weight excluding hydrogens is 450 g/mol. The van der Waals surface area contributed by atoms with Crippen molar-refractivity contribution in [2.75, 3.05) is 5.32 Å². The third-order valence-electron chi connectivity index (χ3n) is 6.47. The van der Waals surface area contributed by atoms with Crippen LogP contribution in [0.3, 0.4) is 0 Å². The molecule has 3 aromatic rings. The molecule has 0 spiro atoms. The largest absolute Gasteiger partial charge is 0.460 e. The number of hydrogen-bond donors (Lipinski definition) is 2. The van der Waals surface area contributed by atoms with E-state index in [1.54, 1.807) is 19.1 Å². The summed E-state index contributed by atoms with van der Waals surface area (Å²) in [5.41, 5.74) is 4.09. The van der Waals surface area contributed by atoms with Gasteiger partial charge in [-0.2, -0.15) is 0 Å². The Labute approximate surface area is 201 Å². The van der Waals surface area contributed by atoms with Crippen LogP contribution in [0.2, 0.25) is 0 Å². The van der Waals surface area contributed by atoms with Gasteiger partial charge in [0, 0.05) is 40.7 Å². The Kier molecular flexibility index (Phi) is 5.84. The Balaban J connectivity index is 1.59. The van der Waals surface area contributed by atoms with E-state index in [0.717, 1.165) is 23.7 Å². The number of ketones is 1. The third kappa shape index (κ3) is 4.30. The highest BCUT2D eigenvalue weighted by Gasteiger charge is 2.40. The summed E-state index contributed by atoms with van der Waals surface area (Å²) in [6.45, 7) is 3.70. The summed E-state index contributed by atoms with van der Waals surface area (Å²) < 4.78 is 33.7. The van der Waals surface area contributed by atoms with Crippen molar-refractivity contribution in [1.82, 2.24) is 5.32 Å². The molecule has 5 rings (SSSR count). The van der Waals surface area contributed by atoms with Crippen LogP contribution < -0.4 is 10.6 Å². The summed E-state index contributed by atoms with van der Waals surface area (Å²) in [5, 5.41) is 6.23. The molecule has 1 aromatic heterocycles. The fourth-order valence-corrected chi connectivity index (χ4v) is 4.83. The number of Topliss-reactive ketones (excluding diaryl/α,β-unsaturated/α-hetero) is 1. The van der Waals surface area contributed by atoms with Gasteiger partial charge in [0.2, 0.25) is 0 Å². The van der Waals surface area contributed by atoms with Gasteiger partial charge in [0.15, 0.2) is 5.78 Å². The SMILES string of the molecule is CC1=C(C(=O)Nc2ccccc2C)C(c2ccc(-c3cc(F)cc(F)c3)o2)C2=C(CCCC2=O)N1. The number of furan rings is 1. The van der Waals surface area contributed by atoms with Crippen LogP contribution in [-0.2, 0) is 9.59 Å². The first-order chi connectivity index (χ1) is 16.8. The van der Waals surface area contributed by atoms with Gasteiger partial charge in [-0.05, 0) is 62.6 Å². The van der Waals surface area contributed by atoms with Gasteiger partial charge in [0.1, 0.15) is 23.2 Å². The van der Waals surface area contributed by atoms with Crippen LogP contribution in [0.25, 0.3) is 11.3 Å². The minimum Gasteiger partial charge on any atom is -0.460 e. The molecular formula is C28H24F2N2O3. The number of halogens is 2. The molecule has 2 aromatic carbocycles. The molecule has 1 amide bonds. The first kappa shape index (κ1) is 22.8. The fraction of sp³-hybridized carbons (Fsp3) is 0.214. The number of amides is 1. The van der Waals surface area contributed by atoms with E-state index < -0.39 is 17.6 Å². The number of para-hydroxylation sites is 1. The molecule has 0 saturated heterocycles. The van der Waals surface area contributed by atoms with E-state index >= 15 is 0 Å². The predicted octanol–water partition coefficient (Wildman–Crippen LogP) is 6.14. The van der Waals surface area contributed by atoms with E-state index in [1.807, 2.05) is 31.2 Å². The van der Waals surface area contributed by atoms with Crippen molar-refractivity contribution in [1.29, 1.82) is 0 Å². The van der Waals surface area contributed by atoms with Crippen LogP contribution >= 0.6 is 0 Å². The molecule has 2 heterocycles. The van der Waals surface area contributed by atoms with Crippen molar-refractivity contribution < 1.29 is 22.8 Å². The van der Waals surface area contributed by atoms with Crippen molar-refractivity contribution in [3.05, 3.63) is 100 Å². The minimum atomic E-state index is -0.741. The molecule has 7 heteroatoms. The molecule has 35 heavy (non-hydrogen) atoms. The molecule has 0 radical (unpaired) electrons. The molecule has 5 nitrogen and oxygen atoms in total. The highest BCUT2D eigenvalue weighted by Crippen LogP contribution is 2.44. The number of carbonyl (C=O) groups excluding carboxylic acids is 2. The number of aryl methyl sites for hydroxylation is 1. The molecule has 2 aliphatic rings. The Morgan fingerprint density at radius 3 is 2.51 bits per heavy atom. The second-order valence-electron chi connectivity index (χ2n) is 8.89. The van der Waals surface area contributed by atoms with Gasteiger partial charge in [0.05, 0.1) is 11.5 Å². The monoisotopic (exact) mass is 474 g/mol. The smallest absolute Gasteiger partial charge is 0.254 e. The fourth-order valence-electron chi connectivity index (χ4n) is 4.83. The molecule has 1 unspecified atom stereocenters. The molecule has 0 saturated carbocycles. The van der Waals surface area contributed by atoms with E-state index in [2.05, 4.69) is 10.6 Å². The Hall–Kier alpha value is -4.00. The lowest BCUT2D eigenvalue weighted by atomic mass is 9.77. The zero-order valence-corrected chi connectivity index (χ0v) is 19.4. The molecule has 178 valence electrons. The molecule has 1 atom stereocenters. The van der Waals surface area contributed by atoms with Gasteiger partial charge in [0.25, 0.3) is 5.91 Å². The lowest BCUT2D eigenvalue weighted by molar-refractivity contribution is -0.116. The van der Waals surface area contributed by atoms with E-state index in [0.29, 0.717) is 41.1 Å². The molecule has 0 fully saturated rings. The van der Waals surface area contributed by atoms with E-state index in [9.17, 15) is 18.4 Å². The van der Waals surface area contributed by atoms with E-state index in [1.165, 1.54) is 12.1 Å². The summed E-state index contributed by atoms with van der Waals surface area (Å²) >= 11 is 0. The zero-order valence-electron chi connectivity index (χ0n) is 19.4. The molecule has 1 aliphatic heterocycles. The predicted molar refractivity (Wildman–Crippen MR) is 128 cm³/mol. The number of carbonyl (C=O) groups is 2. The van der Waals surface area contributed by atoms with Crippen LogP contribution in [0.15, 0.2) is 81.6 Å². The standard InChI is InChI=1S/C28H24F2N2O3/c1-15-6-3-4-7-20(15)32-28(34)25-16(2)31-21-8-5-9-22(33)26(21)27(25)24-11-10-23(35-24)17-12-18(29)14-19(30)13-17/h3-4,6-7,10-14,27,31H,5,8-9H2,1-2H3,(H,32,34). The van der Waals surface area contributed by atoms with Gasteiger partial charge in [-0.25, -0.2) is 8.78 Å². The maximum absolute atomic E-state index is 13.8. The van der Waals surface area contributed by atoms with E-state index in [4.69, 9.17) is 4.42 Å². The number of benzene rings is 2.